The van der Waals surface area contributed by atoms with Crippen molar-refractivity contribution in [2.75, 3.05) is 17.2 Å². The van der Waals surface area contributed by atoms with E-state index in [0.717, 1.165) is 35.1 Å². The molecule has 2 N–H and O–H groups in total. The van der Waals surface area contributed by atoms with E-state index in [2.05, 4.69) is 10.6 Å². The smallest absolute Gasteiger partial charge is 0.416 e. The fourth-order valence-corrected chi connectivity index (χ4v) is 4.46. The summed E-state index contributed by atoms with van der Waals surface area (Å²) < 4.78 is 44.3. The number of hydrogen-bond acceptors (Lipinski definition) is 5. The van der Waals surface area contributed by atoms with Gasteiger partial charge >= 0.3 is 12.1 Å². The number of ether oxygens (including phenoxy) is 1. The highest BCUT2D eigenvalue weighted by Gasteiger charge is 2.32. The van der Waals surface area contributed by atoms with Crippen LogP contribution in [0.5, 0.6) is 0 Å². The van der Waals surface area contributed by atoms with Gasteiger partial charge in [-0.2, -0.15) is 13.2 Å². The van der Waals surface area contributed by atoms with Crippen LogP contribution in [0.3, 0.4) is 0 Å². The molecule has 1 heterocycles. The molecule has 0 saturated heterocycles. The molecule has 184 valence electrons. The van der Waals surface area contributed by atoms with Gasteiger partial charge in [-0.1, -0.05) is 29.3 Å². The van der Waals surface area contributed by atoms with Crippen LogP contribution < -0.4 is 10.6 Å². The van der Waals surface area contributed by atoms with E-state index in [0.29, 0.717) is 5.56 Å². The van der Waals surface area contributed by atoms with Crippen LogP contribution >= 0.6 is 22.9 Å². The molecular formula is C24H20ClF3N2O4S. The predicted octanol–water partition coefficient (Wildman–Crippen LogP) is 6.72. The van der Waals surface area contributed by atoms with Gasteiger partial charge in [0.1, 0.15) is 5.00 Å². The molecule has 0 fully saturated rings. The van der Waals surface area contributed by atoms with Crippen molar-refractivity contribution in [2.45, 2.75) is 26.9 Å². The first kappa shape index (κ1) is 26.2. The number of amides is 2. The second-order valence-electron chi connectivity index (χ2n) is 7.45. The van der Waals surface area contributed by atoms with E-state index in [1.54, 1.807) is 25.1 Å². The van der Waals surface area contributed by atoms with Crippen LogP contribution in [0.4, 0.5) is 23.9 Å². The maximum atomic E-state index is 13.1. The Balaban J connectivity index is 1.98. The lowest BCUT2D eigenvalue weighted by atomic mass is 10.1. The van der Waals surface area contributed by atoms with Crippen LogP contribution in [0, 0.1) is 13.8 Å². The molecule has 6 nitrogen and oxygen atoms in total. The second kappa shape index (κ2) is 10.5. The van der Waals surface area contributed by atoms with Gasteiger partial charge in [0.05, 0.1) is 33.3 Å². The summed E-state index contributed by atoms with van der Waals surface area (Å²) in [7, 11) is 0. The number of esters is 1. The van der Waals surface area contributed by atoms with Gasteiger partial charge in [-0.3, -0.25) is 9.59 Å². The van der Waals surface area contributed by atoms with Crippen molar-refractivity contribution >= 4 is 51.4 Å². The summed E-state index contributed by atoms with van der Waals surface area (Å²) in [5.74, 6) is -2.05. The Hall–Kier alpha value is -3.37. The van der Waals surface area contributed by atoms with E-state index in [1.807, 2.05) is 13.0 Å². The van der Waals surface area contributed by atoms with E-state index in [4.69, 9.17) is 16.3 Å². The molecule has 1 aromatic heterocycles. The number of anilines is 2. The van der Waals surface area contributed by atoms with E-state index in [9.17, 15) is 27.6 Å². The zero-order valence-electron chi connectivity index (χ0n) is 18.8. The number of halogens is 4. The van der Waals surface area contributed by atoms with Crippen molar-refractivity contribution < 1.29 is 32.3 Å². The molecule has 0 bridgehead atoms. The molecule has 0 aliphatic heterocycles. The Morgan fingerprint density at radius 2 is 1.74 bits per heavy atom. The Morgan fingerprint density at radius 1 is 1.03 bits per heavy atom. The van der Waals surface area contributed by atoms with E-state index >= 15 is 0 Å². The zero-order valence-corrected chi connectivity index (χ0v) is 20.4. The summed E-state index contributed by atoms with van der Waals surface area (Å²) >= 11 is 6.79. The highest BCUT2D eigenvalue weighted by Crippen LogP contribution is 2.37. The molecule has 0 aliphatic carbocycles. The fraction of sp³-hybridized carbons (Fsp3) is 0.208. The average molecular weight is 525 g/mol. The third kappa shape index (κ3) is 6.01. The summed E-state index contributed by atoms with van der Waals surface area (Å²) in [5, 5.41) is 4.97. The average Bonchev–Trinajstić information content (AvgIpc) is 3.10. The SMILES string of the molecule is CCOC(=O)c1c(NC(=O)c2cccc(C)c2)sc(C(=O)Nc2cc(C(F)(F)F)ccc2Cl)c1C. The number of hydrogen-bond donors (Lipinski definition) is 2. The molecule has 35 heavy (non-hydrogen) atoms. The van der Waals surface area contributed by atoms with Crippen molar-refractivity contribution in [1.82, 2.24) is 0 Å². The minimum Gasteiger partial charge on any atom is -0.462 e. The van der Waals surface area contributed by atoms with Gasteiger partial charge in [-0.15, -0.1) is 11.3 Å². The number of nitrogens with one attached hydrogen (secondary N) is 2. The Labute approximate surface area is 208 Å². The molecule has 0 unspecified atom stereocenters. The molecule has 0 aliphatic rings. The quantitative estimate of drug-likeness (QED) is 0.351. The Bertz CT molecular complexity index is 1300. The Kier molecular flexibility index (Phi) is 7.86. The highest BCUT2D eigenvalue weighted by atomic mass is 35.5. The molecule has 0 spiro atoms. The predicted molar refractivity (Wildman–Crippen MR) is 129 cm³/mol. The van der Waals surface area contributed by atoms with Gasteiger partial charge in [-0.05, 0) is 56.7 Å². The first-order chi connectivity index (χ1) is 16.4. The van der Waals surface area contributed by atoms with Crippen LogP contribution in [-0.4, -0.2) is 24.4 Å². The van der Waals surface area contributed by atoms with Crippen molar-refractivity contribution in [3.05, 3.63) is 80.2 Å². The lowest BCUT2D eigenvalue weighted by Crippen LogP contribution is -2.15. The van der Waals surface area contributed by atoms with Gasteiger partial charge in [-0.25, -0.2) is 4.79 Å². The summed E-state index contributed by atoms with van der Waals surface area (Å²) in [4.78, 5) is 38.4. The van der Waals surface area contributed by atoms with Crippen molar-refractivity contribution in [1.29, 1.82) is 0 Å². The maximum absolute atomic E-state index is 13.1. The van der Waals surface area contributed by atoms with Crippen molar-refractivity contribution in [3.8, 4) is 0 Å². The van der Waals surface area contributed by atoms with Crippen LogP contribution in [-0.2, 0) is 10.9 Å². The molecular weight excluding hydrogens is 505 g/mol. The largest absolute Gasteiger partial charge is 0.462 e. The maximum Gasteiger partial charge on any atom is 0.416 e. The summed E-state index contributed by atoms with van der Waals surface area (Å²) in [6.07, 6.45) is -4.63. The number of aryl methyl sites for hydroxylation is 1. The van der Waals surface area contributed by atoms with Gasteiger partial charge in [0, 0.05) is 5.56 Å². The van der Waals surface area contributed by atoms with Crippen LogP contribution in [0.2, 0.25) is 5.02 Å². The van der Waals surface area contributed by atoms with Crippen LogP contribution in [0.25, 0.3) is 0 Å². The lowest BCUT2D eigenvalue weighted by Gasteiger charge is -2.11. The fourth-order valence-electron chi connectivity index (χ4n) is 3.21. The van der Waals surface area contributed by atoms with Crippen molar-refractivity contribution in [3.63, 3.8) is 0 Å². The van der Waals surface area contributed by atoms with Gasteiger partial charge < -0.3 is 15.4 Å². The first-order valence-electron chi connectivity index (χ1n) is 10.3. The number of alkyl halides is 3. The van der Waals surface area contributed by atoms with Gasteiger partial charge in [0.15, 0.2) is 0 Å². The molecule has 11 heteroatoms. The number of thiophene rings is 1. The third-order valence-electron chi connectivity index (χ3n) is 4.88. The zero-order chi connectivity index (χ0) is 25.9. The monoisotopic (exact) mass is 524 g/mol. The number of benzene rings is 2. The normalized spacial score (nSPS) is 11.2. The highest BCUT2D eigenvalue weighted by molar-refractivity contribution is 7.19. The van der Waals surface area contributed by atoms with Gasteiger partial charge in [0.25, 0.3) is 11.8 Å². The molecule has 2 aromatic carbocycles. The van der Waals surface area contributed by atoms with E-state index < -0.39 is 29.5 Å². The van der Waals surface area contributed by atoms with E-state index in [-0.39, 0.29) is 38.3 Å². The van der Waals surface area contributed by atoms with E-state index in [1.165, 1.54) is 6.92 Å². The topological polar surface area (TPSA) is 84.5 Å². The molecule has 3 rings (SSSR count). The first-order valence-corrected chi connectivity index (χ1v) is 11.5. The molecule has 2 amide bonds. The lowest BCUT2D eigenvalue weighted by molar-refractivity contribution is -0.137. The van der Waals surface area contributed by atoms with Crippen LogP contribution in [0.15, 0.2) is 42.5 Å². The number of carbonyl (C=O) groups excluding carboxylic acids is 3. The second-order valence-corrected chi connectivity index (χ2v) is 8.88. The molecule has 0 atom stereocenters. The number of carbonyl (C=O) groups is 3. The standard InChI is InChI=1S/C24H20ClF3N2O4S/c1-4-34-23(33)18-13(3)19(35-22(18)30-20(31)14-7-5-6-12(2)10-14)21(32)29-17-11-15(24(26,27)28)8-9-16(17)25/h5-11H,4H2,1-3H3,(H,29,32)(H,30,31). The van der Waals surface area contributed by atoms with Gasteiger partial charge in [0.2, 0.25) is 0 Å². The summed E-state index contributed by atoms with van der Waals surface area (Å²) in [6, 6.07) is 9.31. The molecule has 3 aromatic rings. The van der Waals surface area contributed by atoms with Crippen molar-refractivity contribution in [2.24, 2.45) is 0 Å². The minimum atomic E-state index is -4.63. The molecule has 0 saturated carbocycles. The Morgan fingerprint density at radius 3 is 2.37 bits per heavy atom. The number of rotatable bonds is 6. The summed E-state index contributed by atoms with van der Waals surface area (Å²) in [5.41, 5.74) is 0.142. The third-order valence-corrected chi connectivity index (χ3v) is 6.42. The molecule has 0 radical (unpaired) electrons. The van der Waals surface area contributed by atoms with Crippen LogP contribution in [0.1, 0.15) is 54.0 Å². The minimum absolute atomic E-state index is 0.000994. The summed E-state index contributed by atoms with van der Waals surface area (Å²) in [6.45, 7) is 4.96.